The minimum Gasteiger partial charge on any atom is -0.496 e. The Kier molecular flexibility index (Phi) is 18.0. The van der Waals surface area contributed by atoms with E-state index < -0.39 is 10.7 Å². The highest BCUT2D eigenvalue weighted by molar-refractivity contribution is 5.56. The number of hydrogen-bond acceptors (Lipinski definition) is 7. The molecule has 0 saturated heterocycles. The second-order valence-electron chi connectivity index (χ2n) is 11.1. The highest BCUT2D eigenvalue weighted by Gasteiger charge is 2.20. The Morgan fingerprint density at radius 1 is 0.833 bits per heavy atom. The number of hydrogen-bond donors (Lipinski definition) is 0. The molecule has 0 bridgehead atoms. The molecule has 48 heavy (non-hydrogen) atoms. The average molecular weight is 656 g/mol. The van der Waals surface area contributed by atoms with Gasteiger partial charge in [0.2, 0.25) is 0 Å². The lowest BCUT2D eigenvalue weighted by atomic mass is 9.82. The van der Waals surface area contributed by atoms with E-state index in [0.29, 0.717) is 31.5 Å². The summed E-state index contributed by atoms with van der Waals surface area (Å²) in [4.78, 5) is 50.2. The quantitative estimate of drug-likeness (QED) is 0.0937. The summed E-state index contributed by atoms with van der Waals surface area (Å²) in [5.41, 5.74) is 6.07. The Morgan fingerprint density at radius 3 is 2.15 bits per heavy atom. The number of methoxy groups -OCH3 is 1. The molecule has 0 saturated carbocycles. The van der Waals surface area contributed by atoms with Gasteiger partial charge in [-0.15, -0.1) is 0 Å². The summed E-state index contributed by atoms with van der Waals surface area (Å²) in [5, 5.41) is 10.3. The van der Waals surface area contributed by atoms with Crippen LogP contribution in [-0.2, 0) is 51.3 Å². The number of nitrogens with zero attached hydrogens (tertiary/aromatic N) is 1. The van der Waals surface area contributed by atoms with E-state index in [2.05, 4.69) is 6.07 Å². The van der Waals surface area contributed by atoms with Gasteiger partial charge >= 0.3 is 0 Å². The van der Waals surface area contributed by atoms with Crippen LogP contribution in [0.2, 0.25) is 0 Å². The number of aldehydes is 4. The number of halogens is 1. The molecule has 9 heteroatoms. The molecule has 252 valence electrons. The number of non-ortho nitro benzene ring substituents is 1. The zero-order valence-corrected chi connectivity index (χ0v) is 27.4. The van der Waals surface area contributed by atoms with Gasteiger partial charge in [-0.3, -0.25) is 10.1 Å². The number of aryl methyl sites for hydroxylation is 3. The molecule has 1 atom stereocenters. The summed E-state index contributed by atoms with van der Waals surface area (Å²) in [5.74, 6) is 0.882. The van der Waals surface area contributed by atoms with Crippen molar-refractivity contribution in [2.45, 2.75) is 58.3 Å². The van der Waals surface area contributed by atoms with E-state index in [4.69, 9.17) is 4.74 Å². The van der Waals surface area contributed by atoms with Crippen molar-refractivity contribution in [3.8, 4) is 5.75 Å². The lowest BCUT2D eigenvalue weighted by Gasteiger charge is -2.24. The van der Waals surface area contributed by atoms with E-state index in [0.717, 1.165) is 74.1 Å². The van der Waals surface area contributed by atoms with Crippen LogP contribution in [0.5, 0.6) is 5.75 Å². The van der Waals surface area contributed by atoms with Gasteiger partial charge < -0.3 is 23.9 Å². The zero-order valence-electron chi connectivity index (χ0n) is 27.4. The summed E-state index contributed by atoms with van der Waals surface area (Å²) in [6.45, 7) is 2.03. The predicted molar refractivity (Wildman–Crippen MR) is 184 cm³/mol. The van der Waals surface area contributed by atoms with E-state index in [1.54, 1.807) is 7.11 Å². The fourth-order valence-corrected chi connectivity index (χ4v) is 4.97. The van der Waals surface area contributed by atoms with Crippen molar-refractivity contribution < 1.29 is 33.2 Å². The Morgan fingerprint density at radius 2 is 1.54 bits per heavy atom. The Hall–Kier alpha value is -5.31. The van der Waals surface area contributed by atoms with Crippen LogP contribution < -0.4 is 4.74 Å². The molecule has 5 rings (SSSR count). The van der Waals surface area contributed by atoms with Gasteiger partial charge in [0.05, 0.1) is 12.0 Å². The SMILES string of the molecule is COc1cccc2c1CC(CC=O)CC2.Cc1ccc(CC=O)cc1.O=CCCc1ccccc1.O=CCc1cc([N+](=O)[O-])ccc1F. The molecular formula is C39H42FNO7. The van der Waals surface area contributed by atoms with Gasteiger partial charge in [-0.05, 0) is 72.9 Å². The smallest absolute Gasteiger partial charge is 0.269 e. The second kappa shape index (κ2) is 22.3. The highest BCUT2D eigenvalue weighted by Crippen LogP contribution is 2.33. The number of nitro groups is 1. The maximum Gasteiger partial charge on any atom is 0.269 e. The first kappa shape index (κ1) is 38.9. The normalized spacial score (nSPS) is 12.5. The molecule has 8 nitrogen and oxygen atoms in total. The Bertz CT molecular complexity index is 1580. The van der Waals surface area contributed by atoms with Gasteiger partial charge in [0.15, 0.2) is 0 Å². The van der Waals surface area contributed by atoms with Crippen LogP contribution in [0.25, 0.3) is 0 Å². The number of benzene rings is 4. The maximum atomic E-state index is 12.8. The van der Waals surface area contributed by atoms with Crippen molar-refractivity contribution in [3.63, 3.8) is 0 Å². The molecule has 4 aromatic rings. The standard InChI is InChI=1S/C13H16O2.2C9H10O.C8H6FNO3/c1-15-13-4-2-3-11-6-5-10(7-8-14)9-12(11)13;1-8-2-4-9(5-3-8)6-7-10;10-8-4-7-9-5-2-1-3-6-9;9-8-2-1-7(10(12)13)5-6(8)3-4-11/h2-4,8,10H,5-7,9H2,1H3;2-5,7H,6H2,1H3;1-3,5-6,8H,4,7H2;1-2,4-5H,3H2. The topological polar surface area (TPSA) is 121 Å². The summed E-state index contributed by atoms with van der Waals surface area (Å²) < 4.78 is 18.2. The van der Waals surface area contributed by atoms with Gasteiger partial charge in [-0.1, -0.05) is 72.3 Å². The molecule has 0 spiro atoms. The van der Waals surface area contributed by atoms with E-state index in [1.807, 2.05) is 73.7 Å². The van der Waals surface area contributed by atoms with Crippen LogP contribution in [0.4, 0.5) is 10.1 Å². The van der Waals surface area contributed by atoms with Gasteiger partial charge in [0.25, 0.3) is 5.69 Å². The summed E-state index contributed by atoms with van der Waals surface area (Å²) in [6, 6.07) is 27.3. The molecule has 4 aromatic carbocycles. The number of nitro benzene ring substituents is 1. The van der Waals surface area contributed by atoms with Crippen LogP contribution in [0.1, 0.15) is 52.6 Å². The van der Waals surface area contributed by atoms with Gasteiger partial charge in [-0.2, -0.15) is 0 Å². The second-order valence-corrected chi connectivity index (χ2v) is 11.1. The van der Waals surface area contributed by atoms with Crippen molar-refractivity contribution >= 4 is 30.8 Å². The third kappa shape index (κ3) is 14.0. The molecule has 0 aromatic heterocycles. The lowest BCUT2D eigenvalue weighted by Crippen LogP contribution is -2.15. The van der Waals surface area contributed by atoms with Gasteiger partial charge in [0, 0.05) is 43.4 Å². The minimum atomic E-state index is -0.631. The third-order valence-electron chi connectivity index (χ3n) is 7.57. The zero-order chi connectivity index (χ0) is 35.1. The monoisotopic (exact) mass is 655 g/mol. The molecule has 0 heterocycles. The van der Waals surface area contributed by atoms with Crippen LogP contribution in [-0.4, -0.2) is 37.2 Å². The molecule has 1 aliphatic carbocycles. The molecule has 0 aliphatic heterocycles. The average Bonchev–Trinajstić information content (AvgIpc) is 3.10. The summed E-state index contributed by atoms with van der Waals surface area (Å²) >= 11 is 0. The van der Waals surface area contributed by atoms with Crippen LogP contribution in [0, 0.1) is 28.8 Å². The fraction of sp³-hybridized carbons (Fsp3) is 0.282. The summed E-state index contributed by atoms with van der Waals surface area (Å²) in [7, 11) is 1.71. The number of ether oxygens (including phenoxy) is 1. The third-order valence-corrected chi connectivity index (χ3v) is 7.57. The molecule has 0 amide bonds. The number of rotatable bonds is 11. The van der Waals surface area contributed by atoms with Crippen molar-refractivity contribution in [1.29, 1.82) is 0 Å². The Labute approximate surface area is 281 Å². The molecule has 1 unspecified atom stereocenters. The number of fused-ring (bicyclic) bond motifs is 1. The van der Waals surface area contributed by atoms with Crippen LogP contribution in [0.3, 0.4) is 0 Å². The van der Waals surface area contributed by atoms with Crippen molar-refractivity contribution in [3.05, 3.63) is 140 Å². The van der Waals surface area contributed by atoms with Crippen molar-refractivity contribution in [2.24, 2.45) is 5.92 Å². The first-order valence-corrected chi connectivity index (χ1v) is 15.7. The largest absolute Gasteiger partial charge is 0.496 e. The van der Waals surface area contributed by atoms with Crippen molar-refractivity contribution in [1.82, 2.24) is 0 Å². The van der Waals surface area contributed by atoms with Crippen LogP contribution >= 0.6 is 0 Å². The molecule has 0 fully saturated rings. The Balaban J connectivity index is 0.000000226. The first-order chi connectivity index (χ1) is 23.3. The van der Waals surface area contributed by atoms with E-state index >= 15 is 0 Å². The lowest BCUT2D eigenvalue weighted by molar-refractivity contribution is -0.385. The molecule has 0 radical (unpaired) electrons. The molecular weight excluding hydrogens is 613 g/mol. The molecule has 0 N–H and O–H groups in total. The first-order valence-electron chi connectivity index (χ1n) is 15.7. The number of carbonyl (C=O) groups is 4. The van der Waals surface area contributed by atoms with E-state index in [-0.39, 0.29) is 17.7 Å². The maximum absolute atomic E-state index is 12.8. The van der Waals surface area contributed by atoms with Gasteiger partial charge in [-0.25, -0.2) is 4.39 Å². The van der Waals surface area contributed by atoms with Gasteiger partial charge in [0.1, 0.15) is 36.7 Å². The van der Waals surface area contributed by atoms with E-state index in [1.165, 1.54) is 22.3 Å². The van der Waals surface area contributed by atoms with Crippen molar-refractivity contribution in [2.75, 3.05) is 7.11 Å². The minimum absolute atomic E-state index is 0.0456. The van der Waals surface area contributed by atoms with E-state index in [9.17, 15) is 33.7 Å². The summed E-state index contributed by atoms with van der Waals surface area (Å²) in [6.07, 6.45) is 9.15. The van der Waals surface area contributed by atoms with Crippen LogP contribution in [0.15, 0.2) is 91.0 Å². The number of carbonyl (C=O) groups excluding carboxylic acids is 4. The predicted octanol–water partition coefficient (Wildman–Crippen LogP) is 7.42. The molecule has 1 aliphatic rings. The fourth-order valence-electron chi connectivity index (χ4n) is 4.97. The highest BCUT2D eigenvalue weighted by atomic mass is 19.1.